The summed E-state index contributed by atoms with van der Waals surface area (Å²) in [5, 5.41) is 16.8. The van der Waals surface area contributed by atoms with Crippen molar-refractivity contribution in [2.24, 2.45) is 11.3 Å². The highest BCUT2D eigenvalue weighted by Crippen LogP contribution is 2.43. The molecule has 1 N–H and O–H groups in total. The Labute approximate surface area is 191 Å². The third-order valence-electron chi connectivity index (χ3n) is 6.69. The molecular weight excluding hydrogens is 420 g/mol. The largest absolute Gasteiger partial charge is 0.493 e. The van der Waals surface area contributed by atoms with Crippen molar-refractivity contribution in [3.8, 4) is 11.8 Å². The van der Waals surface area contributed by atoms with Crippen LogP contribution in [0.4, 0.5) is 11.4 Å². The maximum absolute atomic E-state index is 13.3. The van der Waals surface area contributed by atoms with Crippen molar-refractivity contribution in [1.29, 1.82) is 5.26 Å². The van der Waals surface area contributed by atoms with E-state index in [0.717, 1.165) is 30.1 Å². The molecule has 2 aliphatic heterocycles. The quantitative estimate of drug-likeness (QED) is 0.657. The number of amides is 1. The maximum atomic E-state index is 13.3. The highest BCUT2D eigenvalue weighted by atomic mass is 16.5. The number of morpholine rings is 1. The average Bonchev–Trinajstić information content (AvgIpc) is 3.28. The van der Waals surface area contributed by atoms with Gasteiger partial charge in [-0.25, -0.2) is 9.50 Å². The molecule has 2 aliphatic rings. The fourth-order valence-electron chi connectivity index (χ4n) is 4.39. The smallest absolute Gasteiger partial charge is 0.261 e. The molecule has 0 saturated carbocycles. The van der Waals surface area contributed by atoms with Crippen molar-refractivity contribution in [1.82, 2.24) is 14.6 Å². The molecule has 0 aliphatic carbocycles. The highest BCUT2D eigenvalue weighted by molar-refractivity contribution is 6.09. The van der Waals surface area contributed by atoms with Crippen LogP contribution in [0.2, 0.25) is 0 Å². The second kappa shape index (κ2) is 8.37. The number of nitrogens with zero attached hydrogens (tertiary/aromatic N) is 5. The normalized spacial score (nSPS) is 21.1. The predicted molar refractivity (Wildman–Crippen MR) is 122 cm³/mol. The minimum atomic E-state index is -0.296. The number of anilines is 2. The van der Waals surface area contributed by atoms with Gasteiger partial charge in [-0.3, -0.25) is 4.79 Å². The zero-order valence-corrected chi connectivity index (χ0v) is 18.7. The number of hydrogen-bond acceptors (Lipinski definition) is 7. The number of ether oxygens (including phenoxy) is 2. The topological polar surface area (TPSA) is 105 Å². The Morgan fingerprint density at radius 3 is 2.94 bits per heavy atom. The van der Waals surface area contributed by atoms with E-state index >= 15 is 0 Å². The number of rotatable bonds is 4. The molecule has 0 bridgehead atoms. The molecule has 1 aromatic carbocycles. The third kappa shape index (κ3) is 3.87. The minimum absolute atomic E-state index is 0.160. The van der Waals surface area contributed by atoms with Crippen molar-refractivity contribution in [3.05, 3.63) is 47.9 Å². The van der Waals surface area contributed by atoms with E-state index in [1.54, 1.807) is 23.0 Å². The highest BCUT2D eigenvalue weighted by Gasteiger charge is 2.37. The van der Waals surface area contributed by atoms with Gasteiger partial charge in [-0.2, -0.15) is 10.4 Å². The van der Waals surface area contributed by atoms with E-state index in [0.29, 0.717) is 43.1 Å². The zero-order valence-electron chi connectivity index (χ0n) is 18.7. The Hall–Kier alpha value is -3.64. The average molecular weight is 447 g/mol. The number of benzene rings is 1. The first-order chi connectivity index (χ1) is 16.0. The summed E-state index contributed by atoms with van der Waals surface area (Å²) in [6, 6.07) is 8.11. The molecule has 4 heterocycles. The number of carbonyl (C=O) groups is 1. The molecule has 33 heavy (non-hydrogen) atoms. The Morgan fingerprint density at radius 1 is 1.33 bits per heavy atom. The van der Waals surface area contributed by atoms with Crippen LogP contribution in [0.3, 0.4) is 0 Å². The number of hydrogen-bond donors (Lipinski definition) is 1. The molecule has 5 rings (SSSR count). The van der Waals surface area contributed by atoms with Crippen LogP contribution in [0.25, 0.3) is 5.65 Å². The second-order valence-corrected chi connectivity index (χ2v) is 8.95. The van der Waals surface area contributed by atoms with Gasteiger partial charge >= 0.3 is 0 Å². The number of nitrogens with one attached hydrogen (secondary N) is 1. The summed E-state index contributed by atoms with van der Waals surface area (Å²) < 4.78 is 13.2. The molecule has 1 fully saturated rings. The third-order valence-corrected chi connectivity index (χ3v) is 6.69. The number of fused-ring (bicyclic) bond motifs is 2. The van der Waals surface area contributed by atoms with Gasteiger partial charge in [-0.15, -0.1) is 0 Å². The standard InChI is InChI=1S/C24H26N6O3/c1-16(13-25)24(2)12-17-10-19(20(11-21(17)33-15-24)29-6-8-32-9-7-29)28-23(31)18-14-27-30-5-3-4-26-22(18)30/h3-5,10-11,14,16H,6-9,12,15H2,1-2H3,(H,28,31)/t16?,24-/m0/s1. The van der Waals surface area contributed by atoms with Gasteiger partial charge in [0.2, 0.25) is 0 Å². The fraction of sp³-hybridized carbons (Fsp3) is 0.417. The van der Waals surface area contributed by atoms with Gasteiger partial charge in [0.05, 0.1) is 49.4 Å². The Kier molecular flexibility index (Phi) is 5.38. The molecule has 2 atom stereocenters. The minimum Gasteiger partial charge on any atom is -0.493 e. The van der Waals surface area contributed by atoms with Crippen LogP contribution in [0.15, 0.2) is 36.8 Å². The number of carbonyl (C=O) groups excluding carboxylic acids is 1. The SMILES string of the molecule is CC(C#N)[C@]1(C)COc2cc(N3CCOCC3)c(NC(=O)c3cnn4cccnc34)cc2C1. The van der Waals surface area contributed by atoms with Gasteiger partial charge in [-0.05, 0) is 31.0 Å². The zero-order chi connectivity index (χ0) is 23.0. The lowest BCUT2D eigenvalue weighted by atomic mass is 9.73. The van der Waals surface area contributed by atoms with Crippen molar-refractivity contribution in [2.75, 3.05) is 43.1 Å². The van der Waals surface area contributed by atoms with E-state index in [1.165, 1.54) is 6.20 Å². The van der Waals surface area contributed by atoms with Crippen LogP contribution in [0, 0.1) is 22.7 Å². The molecule has 1 amide bonds. The number of nitriles is 1. The Bertz CT molecular complexity index is 1240. The van der Waals surface area contributed by atoms with E-state index in [4.69, 9.17) is 9.47 Å². The van der Waals surface area contributed by atoms with Crippen molar-refractivity contribution in [2.45, 2.75) is 20.3 Å². The van der Waals surface area contributed by atoms with Gasteiger partial charge in [-0.1, -0.05) is 6.92 Å². The first-order valence-corrected chi connectivity index (χ1v) is 11.1. The molecule has 2 aromatic heterocycles. The molecule has 9 nitrogen and oxygen atoms in total. The summed E-state index contributed by atoms with van der Waals surface area (Å²) in [6.45, 7) is 7.19. The van der Waals surface area contributed by atoms with Crippen molar-refractivity contribution in [3.63, 3.8) is 0 Å². The van der Waals surface area contributed by atoms with E-state index in [9.17, 15) is 10.1 Å². The molecule has 9 heteroatoms. The predicted octanol–water partition coefficient (Wildman–Crippen LogP) is 2.92. The van der Waals surface area contributed by atoms with Gasteiger partial charge in [0.15, 0.2) is 5.65 Å². The molecule has 0 spiro atoms. The van der Waals surface area contributed by atoms with Crippen LogP contribution in [-0.4, -0.2) is 53.4 Å². The van der Waals surface area contributed by atoms with Gasteiger partial charge in [0.25, 0.3) is 5.91 Å². The first kappa shape index (κ1) is 21.2. The summed E-state index contributed by atoms with van der Waals surface area (Å²) in [4.78, 5) is 19.7. The van der Waals surface area contributed by atoms with E-state index in [2.05, 4.69) is 33.3 Å². The van der Waals surface area contributed by atoms with Crippen LogP contribution in [-0.2, 0) is 11.2 Å². The summed E-state index contributed by atoms with van der Waals surface area (Å²) in [7, 11) is 0. The summed E-state index contributed by atoms with van der Waals surface area (Å²) in [5.41, 5.74) is 3.19. The lowest BCUT2D eigenvalue weighted by Gasteiger charge is -2.38. The molecule has 1 saturated heterocycles. The summed E-state index contributed by atoms with van der Waals surface area (Å²) in [6.07, 6.45) is 5.62. The molecule has 170 valence electrons. The van der Waals surface area contributed by atoms with Gasteiger partial charge in [0.1, 0.15) is 11.3 Å². The number of aromatic nitrogens is 3. The van der Waals surface area contributed by atoms with E-state index in [-0.39, 0.29) is 17.2 Å². The molecule has 1 unspecified atom stereocenters. The summed E-state index contributed by atoms with van der Waals surface area (Å²) >= 11 is 0. The summed E-state index contributed by atoms with van der Waals surface area (Å²) in [5.74, 6) is 0.366. The first-order valence-electron chi connectivity index (χ1n) is 11.1. The monoisotopic (exact) mass is 446 g/mol. The van der Waals surface area contributed by atoms with Gasteiger partial charge in [0, 0.05) is 37.0 Å². The van der Waals surface area contributed by atoms with Crippen LogP contribution < -0.4 is 15.0 Å². The van der Waals surface area contributed by atoms with Gasteiger partial charge < -0.3 is 19.7 Å². The second-order valence-electron chi connectivity index (χ2n) is 8.95. The lowest BCUT2D eigenvalue weighted by Crippen LogP contribution is -2.38. The molecule has 0 radical (unpaired) electrons. The van der Waals surface area contributed by atoms with Crippen LogP contribution in [0.5, 0.6) is 5.75 Å². The van der Waals surface area contributed by atoms with Crippen molar-refractivity contribution < 1.29 is 14.3 Å². The Balaban J connectivity index is 1.52. The van der Waals surface area contributed by atoms with Crippen LogP contribution >= 0.6 is 0 Å². The lowest BCUT2D eigenvalue weighted by molar-refractivity contribution is 0.102. The van der Waals surface area contributed by atoms with Crippen LogP contribution in [0.1, 0.15) is 29.8 Å². The maximum Gasteiger partial charge on any atom is 0.261 e. The Morgan fingerprint density at radius 2 is 2.15 bits per heavy atom. The van der Waals surface area contributed by atoms with E-state index < -0.39 is 0 Å². The fourth-order valence-corrected chi connectivity index (χ4v) is 4.39. The molecular formula is C24H26N6O3. The molecule has 3 aromatic rings. The van der Waals surface area contributed by atoms with E-state index in [1.807, 2.05) is 19.1 Å². The van der Waals surface area contributed by atoms with Crippen molar-refractivity contribution >= 4 is 22.9 Å².